The fourth-order valence-corrected chi connectivity index (χ4v) is 0.953. The molecule has 0 heterocycles. The third-order valence-corrected chi connectivity index (χ3v) is 1.63. The van der Waals surface area contributed by atoms with E-state index in [1.807, 2.05) is 6.92 Å². The number of ether oxygens (including phenoxy) is 1. The van der Waals surface area contributed by atoms with Crippen LogP contribution in [0.25, 0.3) is 0 Å². The Balaban J connectivity index is 0.00000169. The van der Waals surface area contributed by atoms with Gasteiger partial charge in [0, 0.05) is 6.04 Å². The van der Waals surface area contributed by atoms with Crippen molar-refractivity contribution in [3.8, 4) is 5.75 Å². The maximum absolute atomic E-state index is 11.7. The first-order chi connectivity index (χ1) is 6.09. The SMILES string of the molecule is C[C@H](N)c1ccc(OC(F)F)cc1.Cl. The molecular weight excluding hydrogens is 212 g/mol. The monoisotopic (exact) mass is 223 g/mol. The molecule has 14 heavy (non-hydrogen) atoms. The van der Waals surface area contributed by atoms with E-state index in [-0.39, 0.29) is 24.2 Å². The molecule has 0 saturated carbocycles. The molecular formula is C9H12ClF2NO. The highest BCUT2D eigenvalue weighted by molar-refractivity contribution is 5.85. The lowest BCUT2D eigenvalue weighted by Gasteiger charge is -2.07. The molecule has 0 amide bonds. The minimum Gasteiger partial charge on any atom is -0.435 e. The molecule has 0 aliphatic rings. The van der Waals surface area contributed by atoms with Gasteiger partial charge in [-0.3, -0.25) is 0 Å². The van der Waals surface area contributed by atoms with Gasteiger partial charge in [0.2, 0.25) is 0 Å². The Kier molecular flexibility index (Phi) is 5.42. The molecule has 0 aliphatic carbocycles. The van der Waals surface area contributed by atoms with E-state index < -0.39 is 6.61 Å². The number of halogens is 3. The van der Waals surface area contributed by atoms with Gasteiger partial charge in [-0.2, -0.15) is 8.78 Å². The van der Waals surface area contributed by atoms with Gasteiger partial charge in [0.25, 0.3) is 0 Å². The Morgan fingerprint density at radius 2 is 1.71 bits per heavy atom. The number of hydrogen-bond acceptors (Lipinski definition) is 2. The van der Waals surface area contributed by atoms with Gasteiger partial charge < -0.3 is 10.5 Å². The van der Waals surface area contributed by atoms with Crippen LogP contribution in [0.5, 0.6) is 5.75 Å². The van der Waals surface area contributed by atoms with Gasteiger partial charge in [-0.1, -0.05) is 12.1 Å². The van der Waals surface area contributed by atoms with E-state index in [0.717, 1.165) is 5.56 Å². The van der Waals surface area contributed by atoms with E-state index >= 15 is 0 Å². The van der Waals surface area contributed by atoms with Crippen LogP contribution in [0, 0.1) is 0 Å². The fraction of sp³-hybridized carbons (Fsp3) is 0.333. The van der Waals surface area contributed by atoms with E-state index in [4.69, 9.17) is 5.73 Å². The van der Waals surface area contributed by atoms with Gasteiger partial charge in [-0.15, -0.1) is 12.4 Å². The van der Waals surface area contributed by atoms with Crippen molar-refractivity contribution < 1.29 is 13.5 Å². The molecule has 1 aromatic carbocycles. The van der Waals surface area contributed by atoms with Crippen LogP contribution in [-0.2, 0) is 0 Å². The van der Waals surface area contributed by atoms with Crippen molar-refractivity contribution in [2.75, 3.05) is 0 Å². The summed E-state index contributed by atoms with van der Waals surface area (Å²) in [7, 11) is 0. The maximum Gasteiger partial charge on any atom is 0.387 e. The zero-order valence-electron chi connectivity index (χ0n) is 7.61. The van der Waals surface area contributed by atoms with Gasteiger partial charge in [0.05, 0.1) is 0 Å². The van der Waals surface area contributed by atoms with E-state index in [9.17, 15) is 8.78 Å². The second-order valence-corrected chi connectivity index (χ2v) is 2.74. The van der Waals surface area contributed by atoms with Gasteiger partial charge >= 0.3 is 6.61 Å². The Bertz CT molecular complexity index is 264. The Hall–Kier alpha value is -0.870. The Morgan fingerprint density at radius 1 is 1.21 bits per heavy atom. The fourth-order valence-electron chi connectivity index (χ4n) is 0.953. The molecule has 1 atom stereocenters. The highest BCUT2D eigenvalue weighted by Gasteiger charge is 2.04. The van der Waals surface area contributed by atoms with Crippen LogP contribution in [0.4, 0.5) is 8.78 Å². The summed E-state index contributed by atoms with van der Waals surface area (Å²) in [5.74, 6) is 0.152. The third-order valence-electron chi connectivity index (χ3n) is 1.63. The topological polar surface area (TPSA) is 35.2 Å². The largest absolute Gasteiger partial charge is 0.435 e. The molecule has 0 aromatic heterocycles. The molecule has 5 heteroatoms. The average molecular weight is 224 g/mol. The first kappa shape index (κ1) is 13.1. The van der Waals surface area contributed by atoms with Crippen molar-refractivity contribution >= 4 is 12.4 Å². The van der Waals surface area contributed by atoms with Gasteiger partial charge in [0.15, 0.2) is 0 Å². The van der Waals surface area contributed by atoms with Crippen LogP contribution in [0.3, 0.4) is 0 Å². The summed E-state index contributed by atoms with van der Waals surface area (Å²) in [5, 5.41) is 0. The number of hydrogen-bond donors (Lipinski definition) is 1. The van der Waals surface area contributed by atoms with Gasteiger partial charge in [-0.05, 0) is 24.6 Å². The molecule has 0 spiro atoms. The predicted octanol–water partition coefficient (Wildman–Crippen LogP) is 2.73. The number of rotatable bonds is 3. The quantitative estimate of drug-likeness (QED) is 0.855. The van der Waals surface area contributed by atoms with E-state index in [1.165, 1.54) is 12.1 Å². The minimum atomic E-state index is -2.78. The first-order valence-electron chi connectivity index (χ1n) is 3.90. The highest BCUT2D eigenvalue weighted by atomic mass is 35.5. The van der Waals surface area contributed by atoms with E-state index in [1.54, 1.807) is 12.1 Å². The smallest absolute Gasteiger partial charge is 0.387 e. The summed E-state index contributed by atoms with van der Waals surface area (Å²) < 4.78 is 27.6. The molecule has 80 valence electrons. The molecule has 0 fully saturated rings. The summed E-state index contributed by atoms with van der Waals surface area (Å²) in [4.78, 5) is 0. The van der Waals surface area contributed by atoms with Crippen molar-refractivity contribution in [2.24, 2.45) is 5.73 Å². The zero-order chi connectivity index (χ0) is 9.84. The summed E-state index contributed by atoms with van der Waals surface area (Å²) in [5.41, 5.74) is 6.47. The summed E-state index contributed by atoms with van der Waals surface area (Å²) >= 11 is 0. The molecule has 1 rings (SSSR count). The standard InChI is InChI=1S/C9H11F2NO.ClH/c1-6(12)7-2-4-8(5-3-7)13-9(10)11;/h2-6,9H,12H2,1H3;1H/t6-;/m0./s1. The van der Waals surface area contributed by atoms with Crippen LogP contribution in [-0.4, -0.2) is 6.61 Å². The maximum atomic E-state index is 11.7. The van der Waals surface area contributed by atoms with Gasteiger partial charge in [-0.25, -0.2) is 0 Å². The molecule has 0 saturated heterocycles. The first-order valence-corrected chi connectivity index (χ1v) is 3.90. The summed E-state index contributed by atoms with van der Waals surface area (Å²) in [6, 6.07) is 6.20. The molecule has 2 N–H and O–H groups in total. The highest BCUT2D eigenvalue weighted by Crippen LogP contribution is 2.17. The van der Waals surface area contributed by atoms with Crippen molar-refractivity contribution in [3.63, 3.8) is 0 Å². The van der Waals surface area contributed by atoms with E-state index in [2.05, 4.69) is 4.74 Å². The Morgan fingerprint density at radius 3 is 2.07 bits per heavy atom. The molecule has 0 aliphatic heterocycles. The molecule has 0 radical (unpaired) electrons. The lowest BCUT2D eigenvalue weighted by Crippen LogP contribution is -2.05. The zero-order valence-corrected chi connectivity index (χ0v) is 8.43. The van der Waals surface area contributed by atoms with Crippen LogP contribution in [0.2, 0.25) is 0 Å². The lowest BCUT2D eigenvalue weighted by molar-refractivity contribution is -0.0498. The van der Waals surface area contributed by atoms with Crippen LogP contribution in [0.1, 0.15) is 18.5 Å². The van der Waals surface area contributed by atoms with Crippen LogP contribution < -0.4 is 10.5 Å². The second kappa shape index (κ2) is 5.78. The van der Waals surface area contributed by atoms with Crippen molar-refractivity contribution in [1.82, 2.24) is 0 Å². The van der Waals surface area contributed by atoms with Crippen molar-refractivity contribution in [3.05, 3.63) is 29.8 Å². The summed E-state index contributed by atoms with van der Waals surface area (Å²) in [6.45, 7) is -0.954. The van der Waals surface area contributed by atoms with E-state index in [0.29, 0.717) is 0 Å². The van der Waals surface area contributed by atoms with Crippen LogP contribution >= 0.6 is 12.4 Å². The average Bonchev–Trinajstić information content (AvgIpc) is 2.04. The molecule has 2 nitrogen and oxygen atoms in total. The van der Waals surface area contributed by atoms with Crippen molar-refractivity contribution in [1.29, 1.82) is 0 Å². The minimum absolute atomic E-state index is 0. The lowest BCUT2D eigenvalue weighted by atomic mass is 10.1. The molecule has 0 bridgehead atoms. The third kappa shape index (κ3) is 3.89. The predicted molar refractivity (Wildman–Crippen MR) is 52.9 cm³/mol. The van der Waals surface area contributed by atoms with Crippen LogP contribution in [0.15, 0.2) is 24.3 Å². The summed E-state index contributed by atoms with van der Waals surface area (Å²) in [6.07, 6.45) is 0. The number of nitrogens with two attached hydrogens (primary N) is 1. The molecule has 0 unspecified atom stereocenters. The van der Waals surface area contributed by atoms with Gasteiger partial charge in [0.1, 0.15) is 5.75 Å². The number of alkyl halides is 2. The Labute approximate surface area is 87.5 Å². The molecule has 1 aromatic rings. The number of benzene rings is 1. The second-order valence-electron chi connectivity index (χ2n) is 2.74. The normalized spacial score (nSPS) is 12.1. The van der Waals surface area contributed by atoms with Crippen molar-refractivity contribution in [2.45, 2.75) is 19.6 Å².